The molecular formula is C69H58N2. The van der Waals surface area contributed by atoms with Gasteiger partial charge in [-0.3, -0.25) is 9.98 Å². The van der Waals surface area contributed by atoms with Crippen LogP contribution in [0.4, 0.5) is 5.69 Å². The van der Waals surface area contributed by atoms with Crippen LogP contribution in [0.25, 0.3) is 94.4 Å². The molecule has 0 N–H and O–H groups in total. The summed E-state index contributed by atoms with van der Waals surface area (Å²) in [4.78, 5) is 9.71. The van der Waals surface area contributed by atoms with E-state index >= 15 is 0 Å². The Hall–Kier alpha value is -8.46. The second-order valence-electron chi connectivity index (χ2n) is 18.7. The molecule has 0 amide bonds. The Morgan fingerprint density at radius 3 is 1.51 bits per heavy atom. The van der Waals surface area contributed by atoms with Gasteiger partial charge in [-0.1, -0.05) is 197 Å². The molecule has 0 fully saturated rings. The molecule has 2 nitrogen and oxygen atoms in total. The number of benzene rings is 9. The van der Waals surface area contributed by atoms with Crippen molar-refractivity contribution in [3.8, 4) is 78.0 Å². The summed E-state index contributed by atoms with van der Waals surface area (Å²) in [5, 5.41) is 2.28. The lowest BCUT2D eigenvalue weighted by Crippen LogP contribution is -2.21. The normalized spacial score (nSPS) is 12.0. The van der Waals surface area contributed by atoms with Gasteiger partial charge in [0, 0.05) is 23.4 Å². The Labute approximate surface area is 420 Å². The molecule has 0 saturated heterocycles. The zero-order chi connectivity index (χ0) is 48.6. The number of hydrogen-bond acceptors (Lipinski definition) is 2. The van der Waals surface area contributed by atoms with Gasteiger partial charge in [-0.2, -0.15) is 0 Å². The Morgan fingerprint density at radius 1 is 0.451 bits per heavy atom. The zero-order valence-corrected chi connectivity index (χ0v) is 41.1. The van der Waals surface area contributed by atoms with Gasteiger partial charge in [0.15, 0.2) is 0 Å². The SMILES string of the molecule is CCC(C)(CC)c1ccc(-c2cccc(-c3cc(-c4ccccc4)cc(-c4cc(-c5ccccc5)cc(-c5ccccc5)c4)c3)c2)cc1/C(C)=C/C=C\C=Nc1ccccc1-c1nccc2ccccc12. The fourth-order valence-corrected chi connectivity index (χ4v) is 9.82. The Balaban J connectivity index is 1.01. The highest BCUT2D eigenvalue weighted by molar-refractivity contribution is 5.97. The van der Waals surface area contributed by atoms with Crippen molar-refractivity contribution in [1.82, 2.24) is 4.98 Å². The van der Waals surface area contributed by atoms with Crippen LogP contribution in [-0.2, 0) is 5.41 Å². The summed E-state index contributed by atoms with van der Waals surface area (Å²) < 4.78 is 0. The maximum Gasteiger partial charge on any atom is 0.0801 e. The van der Waals surface area contributed by atoms with Gasteiger partial charge in [-0.25, -0.2) is 0 Å². The number of pyridine rings is 1. The molecule has 0 aliphatic carbocycles. The quantitative estimate of drug-likeness (QED) is 0.0788. The number of fused-ring (bicyclic) bond motifs is 1. The molecule has 0 spiro atoms. The van der Waals surface area contributed by atoms with E-state index in [9.17, 15) is 0 Å². The molecule has 0 saturated carbocycles. The van der Waals surface area contributed by atoms with Gasteiger partial charge >= 0.3 is 0 Å². The molecule has 344 valence electrons. The first-order valence-electron chi connectivity index (χ1n) is 24.9. The van der Waals surface area contributed by atoms with E-state index in [-0.39, 0.29) is 5.41 Å². The van der Waals surface area contributed by atoms with E-state index in [1.54, 1.807) is 0 Å². The number of aliphatic imine (C=N–C) groups is 1. The minimum absolute atomic E-state index is 0.0296. The Morgan fingerprint density at radius 2 is 0.915 bits per heavy atom. The van der Waals surface area contributed by atoms with Crippen molar-refractivity contribution < 1.29 is 0 Å². The summed E-state index contributed by atoms with van der Waals surface area (Å²) in [6, 6.07) is 81.1. The Bertz CT molecular complexity index is 3500. The van der Waals surface area contributed by atoms with Gasteiger partial charge in [-0.05, 0) is 181 Å². The minimum Gasteiger partial charge on any atom is -0.256 e. The molecule has 2 heteroatoms. The van der Waals surface area contributed by atoms with Gasteiger partial charge < -0.3 is 0 Å². The average molecular weight is 915 g/mol. The fraction of sp³-hybridized carbons (Fsp3) is 0.101. The summed E-state index contributed by atoms with van der Waals surface area (Å²) >= 11 is 0. The first kappa shape index (κ1) is 46.3. The highest BCUT2D eigenvalue weighted by Crippen LogP contribution is 2.41. The smallest absolute Gasteiger partial charge is 0.0801 e. The standard InChI is InChI=1S/C69H58N2/c1-5-69(4,6-2)66-37-36-56(48-65(66)49(3)23-20-21-39-70-67-35-19-18-34-64(67)68-63-33-17-16-30-53(63)38-40-71-68)54-31-22-32-55(41-54)60-43-59(52-28-14-9-15-29-52)46-62(47-60)61-44-57(50-24-10-7-11-25-50)42-58(45-61)51-26-12-8-13-27-51/h7-48H,5-6H2,1-4H3/b21-20-,49-23+,70-39?. The fourth-order valence-electron chi connectivity index (χ4n) is 9.82. The van der Waals surface area contributed by atoms with Crippen LogP contribution in [0.2, 0.25) is 0 Å². The predicted octanol–water partition coefficient (Wildman–Crippen LogP) is 19.3. The summed E-state index contributed by atoms with van der Waals surface area (Å²) in [5.41, 5.74) is 21.0. The predicted molar refractivity (Wildman–Crippen MR) is 305 cm³/mol. The van der Waals surface area contributed by atoms with Crippen LogP contribution in [0.5, 0.6) is 0 Å². The molecule has 0 radical (unpaired) electrons. The van der Waals surface area contributed by atoms with Crippen LogP contribution in [-0.4, -0.2) is 11.2 Å². The summed E-state index contributed by atoms with van der Waals surface area (Å²) in [6.07, 6.45) is 12.2. The van der Waals surface area contributed by atoms with Crippen molar-refractivity contribution in [2.24, 2.45) is 4.99 Å². The third kappa shape index (κ3) is 10.2. The number of para-hydroxylation sites is 1. The largest absolute Gasteiger partial charge is 0.256 e. The Kier molecular flexibility index (Phi) is 13.7. The molecular weight excluding hydrogens is 857 g/mol. The summed E-state index contributed by atoms with van der Waals surface area (Å²) in [5.74, 6) is 0. The van der Waals surface area contributed by atoms with Crippen LogP contribution in [0.1, 0.15) is 51.7 Å². The number of nitrogens with zero attached hydrogens (tertiary/aromatic N) is 2. The van der Waals surface area contributed by atoms with E-state index in [1.807, 2.05) is 24.6 Å². The van der Waals surface area contributed by atoms with E-state index in [4.69, 9.17) is 9.98 Å². The van der Waals surface area contributed by atoms with Crippen molar-refractivity contribution in [2.75, 3.05) is 0 Å². The number of rotatable bonds is 14. The summed E-state index contributed by atoms with van der Waals surface area (Å²) in [7, 11) is 0. The molecule has 0 aliphatic rings. The van der Waals surface area contributed by atoms with Crippen LogP contribution in [0.15, 0.2) is 254 Å². The van der Waals surface area contributed by atoms with Crippen molar-refractivity contribution in [3.05, 3.63) is 260 Å². The van der Waals surface area contributed by atoms with E-state index in [0.717, 1.165) is 40.6 Å². The van der Waals surface area contributed by atoms with Gasteiger partial charge in [0.1, 0.15) is 0 Å². The molecule has 71 heavy (non-hydrogen) atoms. The van der Waals surface area contributed by atoms with E-state index < -0.39 is 0 Å². The number of hydrogen-bond donors (Lipinski definition) is 0. The monoisotopic (exact) mass is 914 g/mol. The topological polar surface area (TPSA) is 25.2 Å². The van der Waals surface area contributed by atoms with E-state index in [1.165, 1.54) is 83.5 Å². The summed E-state index contributed by atoms with van der Waals surface area (Å²) in [6.45, 7) is 9.26. The number of allylic oxidation sites excluding steroid dienone is 4. The molecule has 1 heterocycles. The van der Waals surface area contributed by atoms with Crippen LogP contribution < -0.4 is 0 Å². The average Bonchev–Trinajstić information content (AvgIpc) is 3.45. The first-order valence-corrected chi connectivity index (χ1v) is 24.9. The second kappa shape index (κ2) is 21.0. The minimum atomic E-state index is 0.0296. The van der Waals surface area contributed by atoms with Gasteiger partial charge in [0.2, 0.25) is 0 Å². The first-order chi connectivity index (χ1) is 34.9. The molecule has 9 aromatic carbocycles. The van der Waals surface area contributed by atoms with Crippen LogP contribution in [0, 0.1) is 0 Å². The van der Waals surface area contributed by atoms with E-state index in [2.05, 4.69) is 258 Å². The second-order valence-corrected chi connectivity index (χ2v) is 18.7. The van der Waals surface area contributed by atoms with Crippen LogP contribution >= 0.6 is 0 Å². The van der Waals surface area contributed by atoms with Crippen molar-refractivity contribution in [3.63, 3.8) is 0 Å². The van der Waals surface area contributed by atoms with Crippen molar-refractivity contribution >= 4 is 28.2 Å². The van der Waals surface area contributed by atoms with Crippen molar-refractivity contribution in [1.29, 1.82) is 0 Å². The highest BCUT2D eigenvalue weighted by Gasteiger charge is 2.26. The number of aromatic nitrogens is 1. The van der Waals surface area contributed by atoms with Crippen LogP contribution in [0.3, 0.4) is 0 Å². The third-order valence-electron chi connectivity index (χ3n) is 14.3. The molecule has 10 rings (SSSR count). The van der Waals surface area contributed by atoms with Gasteiger partial charge in [-0.15, -0.1) is 0 Å². The maximum atomic E-state index is 4.93. The lowest BCUT2D eigenvalue weighted by molar-refractivity contribution is 0.438. The molecule has 0 atom stereocenters. The lowest BCUT2D eigenvalue weighted by Gasteiger charge is -2.30. The molecule has 0 aliphatic heterocycles. The molecule has 1 aromatic heterocycles. The van der Waals surface area contributed by atoms with Crippen molar-refractivity contribution in [2.45, 2.75) is 46.0 Å². The van der Waals surface area contributed by atoms with Gasteiger partial charge in [0.05, 0.1) is 11.4 Å². The molecule has 0 unspecified atom stereocenters. The zero-order valence-electron chi connectivity index (χ0n) is 41.1. The highest BCUT2D eigenvalue weighted by atomic mass is 14.7. The maximum absolute atomic E-state index is 4.93. The van der Waals surface area contributed by atoms with E-state index in [0.29, 0.717) is 0 Å². The van der Waals surface area contributed by atoms with Gasteiger partial charge in [0.25, 0.3) is 0 Å². The third-order valence-corrected chi connectivity index (χ3v) is 14.3. The lowest BCUT2D eigenvalue weighted by atomic mass is 9.74. The molecule has 10 aromatic rings. The molecule has 0 bridgehead atoms.